The Morgan fingerprint density at radius 3 is 2.57 bits per heavy atom. The van der Waals surface area contributed by atoms with Crippen molar-refractivity contribution in [1.82, 2.24) is 24.6 Å². The molecule has 194 valence electrons. The quantitative estimate of drug-likeness (QED) is 0.263. The average Bonchev–Trinajstić information content (AvgIpc) is 3.46. The van der Waals surface area contributed by atoms with Crippen LogP contribution < -0.4 is 10.8 Å². The summed E-state index contributed by atoms with van der Waals surface area (Å²) in [7, 11) is -3.84. The van der Waals surface area contributed by atoms with E-state index in [4.69, 9.17) is 19.7 Å². The Kier molecular flexibility index (Phi) is 7.85. The Labute approximate surface area is 203 Å². The highest BCUT2D eigenvalue weighted by atomic mass is 31.2. The summed E-state index contributed by atoms with van der Waals surface area (Å²) in [6.45, 7) is 8.26. The van der Waals surface area contributed by atoms with Gasteiger partial charge in [-0.1, -0.05) is 0 Å². The highest BCUT2D eigenvalue weighted by Crippen LogP contribution is 2.52. The molecule has 35 heavy (non-hydrogen) atoms. The molecule has 1 fully saturated rings. The maximum Gasteiger partial charge on any atom is 0.326 e. The van der Waals surface area contributed by atoms with E-state index >= 15 is 0 Å². The number of carboxylic acids is 1. The lowest BCUT2D eigenvalue weighted by Gasteiger charge is -2.31. The molecule has 2 heterocycles. The van der Waals surface area contributed by atoms with Crippen molar-refractivity contribution in [2.75, 3.05) is 18.7 Å². The van der Waals surface area contributed by atoms with E-state index < -0.39 is 42.9 Å². The molecule has 1 aliphatic rings. The van der Waals surface area contributed by atoms with Gasteiger partial charge in [-0.2, -0.15) is 0 Å². The van der Waals surface area contributed by atoms with Crippen molar-refractivity contribution < 1.29 is 33.3 Å². The second-order valence-corrected chi connectivity index (χ2v) is 11.7. The maximum atomic E-state index is 13.8. The van der Waals surface area contributed by atoms with Gasteiger partial charge in [0.05, 0.1) is 37.1 Å². The lowest BCUT2D eigenvalue weighted by Crippen LogP contribution is -2.47. The number of ether oxygens (including phenoxy) is 2. The molecule has 0 spiro atoms. The maximum absolute atomic E-state index is 13.8. The number of rotatable bonds is 13. The first-order chi connectivity index (χ1) is 16.3. The molecule has 1 aliphatic carbocycles. The SMILES string of the molecule is CC(C)OC(=O)C(C)(C)N[P@@](=O)(CO[C@H](C)Cn1cnc2c(N)ncnc21)OCC1(C(=O)O)CC1. The number of hydrogen-bond donors (Lipinski definition) is 3. The van der Waals surface area contributed by atoms with Crippen LogP contribution in [-0.2, 0) is 34.7 Å². The summed E-state index contributed by atoms with van der Waals surface area (Å²) < 4.78 is 32.2. The van der Waals surface area contributed by atoms with E-state index in [-0.39, 0.29) is 18.5 Å². The number of imidazole rings is 1. The van der Waals surface area contributed by atoms with Crippen LogP contribution in [0.1, 0.15) is 47.5 Å². The predicted molar refractivity (Wildman–Crippen MR) is 126 cm³/mol. The normalized spacial score (nSPS) is 17.8. The Morgan fingerprint density at radius 2 is 1.97 bits per heavy atom. The first-order valence-electron chi connectivity index (χ1n) is 11.3. The number of aromatic nitrogens is 4. The summed E-state index contributed by atoms with van der Waals surface area (Å²) in [6.07, 6.45) is 2.51. The fraction of sp³-hybridized carbons (Fsp3) is 0.667. The third-order valence-electron chi connectivity index (χ3n) is 5.57. The third kappa shape index (κ3) is 6.54. The van der Waals surface area contributed by atoms with Crippen LogP contribution in [-0.4, -0.2) is 67.3 Å². The van der Waals surface area contributed by atoms with Crippen LogP contribution in [0.25, 0.3) is 11.2 Å². The smallest absolute Gasteiger partial charge is 0.326 e. The summed E-state index contributed by atoms with van der Waals surface area (Å²) in [4.78, 5) is 36.4. The minimum absolute atomic E-state index is 0.257. The lowest BCUT2D eigenvalue weighted by atomic mass is 10.1. The van der Waals surface area contributed by atoms with Gasteiger partial charge in [0.15, 0.2) is 11.5 Å². The number of nitrogens with zero attached hydrogens (tertiary/aromatic N) is 4. The van der Waals surface area contributed by atoms with Crippen molar-refractivity contribution >= 4 is 36.4 Å². The van der Waals surface area contributed by atoms with Crippen LogP contribution >= 0.6 is 7.52 Å². The molecule has 0 radical (unpaired) electrons. The minimum atomic E-state index is -3.84. The number of anilines is 1. The first-order valence-corrected chi connectivity index (χ1v) is 13.1. The Morgan fingerprint density at radius 1 is 1.29 bits per heavy atom. The summed E-state index contributed by atoms with van der Waals surface area (Å²) in [5.74, 6) is -1.37. The van der Waals surface area contributed by atoms with Gasteiger partial charge < -0.3 is 29.4 Å². The second kappa shape index (κ2) is 10.2. The number of hydrogen-bond acceptors (Lipinski definition) is 10. The van der Waals surface area contributed by atoms with Crippen LogP contribution in [0, 0.1) is 5.41 Å². The van der Waals surface area contributed by atoms with Gasteiger partial charge in [0.25, 0.3) is 7.52 Å². The molecule has 2 aromatic rings. The molecular formula is C21H33N6O7P. The van der Waals surface area contributed by atoms with Gasteiger partial charge in [-0.15, -0.1) is 0 Å². The fourth-order valence-corrected chi connectivity index (χ4v) is 5.37. The molecule has 14 heteroatoms. The summed E-state index contributed by atoms with van der Waals surface area (Å²) in [5, 5.41) is 12.2. The molecule has 3 rings (SSSR count). The predicted octanol–water partition coefficient (Wildman–Crippen LogP) is 2.17. The van der Waals surface area contributed by atoms with Crippen LogP contribution in [0.3, 0.4) is 0 Å². The largest absolute Gasteiger partial charge is 0.481 e. The molecule has 0 aliphatic heterocycles. The first kappa shape index (κ1) is 27.0. The number of carbonyl (C=O) groups excluding carboxylic acids is 1. The zero-order valence-electron chi connectivity index (χ0n) is 20.6. The van der Waals surface area contributed by atoms with Gasteiger partial charge in [0.1, 0.15) is 23.7 Å². The van der Waals surface area contributed by atoms with E-state index in [1.807, 2.05) is 0 Å². The van der Waals surface area contributed by atoms with Gasteiger partial charge in [-0.3, -0.25) is 14.2 Å². The van der Waals surface area contributed by atoms with E-state index in [2.05, 4.69) is 20.0 Å². The second-order valence-electron chi connectivity index (χ2n) is 9.66. The minimum Gasteiger partial charge on any atom is -0.481 e. The number of esters is 1. The third-order valence-corrected chi connectivity index (χ3v) is 7.51. The van der Waals surface area contributed by atoms with Crippen molar-refractivity contribution in [2.45, 2.75) is 71.8 Å². The van der Waals surface area contributed by atoms with E-state index in [9.17, 15) is 19.3 Å². The van der Waals surface area contributed by atoms with Crippen LogP contribution in [0.5, 0.6) is 0 Å². The Bertz CT molecular complexity index is 1130. The number of nitrogen functional groups attached to an aromatic ring is 1. The topological polar surface area (TPSA) is 181 Å². The van der Waals surface area contributed by atoms with Gasteiger partial charge in [0, 0.05) is 0 Å². The lowest BCUT2D eigenvalue weighted by molar-refractivity contribution is -0.153. The fourth-order valence-electron chi connectivity index (χ4n) is 3.32. The van der Waals surface area contributed by atoms with Crippen molar-refractivity contribution in [3.05, 3.63) is 12.7 Å². The van der Waals surface area contributed by atoms with Crippen molar-refractivity contribution in [1.29, 1.82) is 0 Å². The Balaban J connectivity index is 1.71. The van der Waals surface area contributed by atoms with Gasteiger partial charge in [-0.05, 0) is 47.5 Å². The number of fused-ring (bicyclic) bond motifs is 1. The zero-order chi connectivity index (χ0) is 26.0. The molecular weight excluding hydrogens is 479 g/mol. The number of aliphatic carboxylic acids is 1. The highest BCUT2D eigenvalue weighted by Gasteiger charge is 2.52. The molecule has 13 nitrogen and oxygen atoms in total. The summed E-state index contributed by atoms with van der Waals surface area (Å²) >= 11 is 0. The number of carbonyl (C=O) groups is 2. The molecule has 1 saturated carbocycles. The van der Waals surface area contributed by atoms with Crippen molar-refractivity contribution in [3.8, 4) is 0 Å². The van der Waals surface area contributed by atoms with E-state index in [1.54, 1.807) is 31.7 Å². The summed E-state index contributed by atoms with van der Waals surface area (Å²) in [5.41, 5.74) is 4.37. The van der Waals surface area contributed by atoms with Crippen molar-refractivity contribution in [2.24, 2.45) is 5.41 Å². The number of nitrogens with one attached hydrogen (secondary N) is 1. The molecule has 0 amide bonds. The molecule has 0 saturated heterocycles. The van der Waals surface area contributed by atoms with Gasteiger partial charge >= 0.3 is 11.9 Å². The van der Waals surface area contributed by atoms with Gasteiger partial charge in [-0.25, -0.2) is 20.0 Å². The summed E-state index contributed by atoms with van der Waals surface area (Å²) in [6, 6.07) is 0. The van der Waals surface area contributed by atoms with E-state index in [1.165, 1.54) is 20.2 Å². The molecule has 2 atom stereocenters. The number of nitrogens with two attached hydrogens (primary N) is 1. The molecule has 4 N–H and O–H groups in total. The zero-order valence-corrected chi connectivity index (χ0v) is 21.4. The van der Waals surface area contributed by atoms with E-state index in [0.29, 0.717) is 30.6 Å². The van der Waals surface area contributed by atoms with Crippen LogP contribution in [0.15, 0.2) is 12.7 Å². The molecule has 0 bridgehead atoms. The molecule has 2 aromatic heterocycles. The molecule has 0 aromatic carbocycles. The molecule has 0 unspecified atom stereocenters. The highest BCUT2D eigenvalue weighted by molar-refractivity contribution is 7.56. The van der Waals surface area contributed by atoms with Gasteiger partial charge in [0.2, 0.25) is 0 Å². The standard InChI is InChI=1S/C21H33N6O7P/c1-13(2)34-19(30)20(4,5)26-35(31,33-9-21(6-7-21)18(28)29)12-32-14(3)8-27-11-25-15-16(22)23-10-24-17(15)27/h10-11,13-14H,6-9,12H2,1-5H3,(H,26,31)(H,28,29)(H2,22,23,24)/t14-,35-/m1/s1. The van der Waals surface area contributed by atoms with Crippen LogP contribution in [0.4, 0.5) is 5.82 Å². The van der Waals surface area contributed by atoms with Crippen LogP contribution in [0.2, 0.25) is 0 Å². The van der Waals surface area contributed by atoms with E-state index in [0.717, 1.165) is 0 Å². The Hall–Kier alpha value is -2.60. The number of carboxylic acid groups (broad SMARTS) is 1. The monoisotopic (exact) mass is 512 g/mol. The van der Waals surface area contributed by atoms with Crippen molar-refractivity contribution in [3.63, 3.8) is 0 Å². The average molecular weight is 513 g/mol.